The third kappa shape index (κ3) is 7.14. The van der Waals surface area contributed by atoms with E-state index in [2.05, 4.69) is 5.32 Å². The number of sulfonamides is 1. The number of carbonyl (C=O) groups is 2. The minimum absolute atomic E-state index is 0.0774. The Morgan fingerprint density at radius 3 is 2.11 bits per heavy atom. The van der Waals surface area contributed by atoms with Crippen molar-refractivity contribution >= 4 is 39.1 Å². The summed E-state index contributed by atoms with van der Waals surface area (Å²) in [5.41, 5.74) is 1.98. The Hall–Kier alpha value is -3.36. The Morgan fingerprint density at radius 1 is 0.895 bits per heavy atom. The molecule has 7 nitrogen and oxygen atoms in total. The second-order valence-corrected chi connectivity index (χ2v) is 11.6. The third-order valence-corrected chi connectivity index (χ3v) is 8.14. The zero-order valence-corrected chi connectivity index (χ0v) is 23.7. The number of aryl methyl sites for hydroxylation is 1. The van der Waals surface area contributed by atoms with Gasteiger partial charge in [-0.2, -0.15) is 0 Å². The first-order valence-corrected chi connectivity index (χ1v) is 14.4. The molecule has 3 rings (SSSR count). The number of para-hydroxylation sites is 1. The lowest BCUT2D eigenvalue weighted by Crippen LogP contribution is -2.52. The standard InChI is InChI=1S/C29H34ClN3O4S/c1-5-24-11-9-10-14-27(24)33(38(36,37)26-12-7-6-8-13-26)20-28(34)32(22(4)29(35)31-21(2)3)19-23-15-17-25(30)18-16-23/h6-18,21-22H,5,19-20H2,1-4H3,(H,31,35). The van der Waals surface area contributed by atoms with E-state index in [-0.39, 0.29) is 23.4 Å². The van der Waals surface area contributed by atoms with Crippen LogP contribution in [0.5, 0.6) is 0 Å². The molecule has 0 aromatic heterocycles. The fourth-order valence-corrected chi connectivity index (χ4v) is 5.66. The molecule has 202 valence electrons. The van der Waals surface area contributed by atoms with Gasteiger partial charge >= 0.3 is 0 Å². The van der Waals surface area contributed by atoms with Gasteiger partial charge < -0.3 is 10.2 Å². The van der Waals surface area contributed by atoms with E-state index in [4.69, 9.17) is 11.6 Å². The Balaban J connectivity index is 2.05. The summed E-state index contributed by atoms with van der Waals surface area (Å²) in [6.07, 6.45) is 0.576. The maximum absolute atomic E-state index is 13.9. The summed E-state index contributed by atoms with van der Waals surface area (Å²) in [5.74, 6) is -0.828. The van der Waals surface area contributed by atoms with E-state index < -0.39 is 28.5 Å². The molecule has 3 aromatic rings. The predicted octanol–water partition coefficient (Wildman–Crippen LogP) is 5.04. The van der Waals surface area contributed by atoms with Gasteiger partial charge in [-0.15, -0.1) is 0 Å². The highest BCUT2D eigenvalue weighted by Crippen LogP contribution is 2.28. The van der Waals surface area contributed by atoms with Crippen LogP contribution in [0.1, 0.15) is 38.8 Å². The van der Waals surface area contributed by atoms with Crippen LogP contribution >= 0.6 is 11.6 Å². The zero-order chi connectivity index (χ0) is 27.9. The Kier molecular flexibility index (Phi) is 9.94. The summed E-state index contributed by atoms with van der Waals surface area (Å²) in [6.45, 7) is 6.89. The van der Waals surface area contributed by atoms with Gasteiger partial charge in [0.2, 0.25) is 11.8 Å². The second-order valence-electron chi connectivity index (χ2n) is 9.29. The summed E-state index contributed by atoms with van der Waals surface area (Å²) in [6, 6.07) is 21.2. The molecule has 0 saturated carbocycles. The van der Waals surface area contributed by atoms with Crippen molar-refractivity contribution in [3.63, 3.8) is 0 Å². The van der Waals surface area contributed by atoms with Crippen molar-refractivity contribution in [3.8, 4) is 0 Å². The lowest BCUT2D eigenvalue weighted by Gasteiger charge is -2.33. The molecule has 0 aliphatic heterocycles. The molecule has 2 amide bonds. The molecule has 0 aliphatic carbocycles. The van der Waals surface area contributed by atoms with Crippen molar-refractivity contribution in [2.24, 2.45) is 0 Å². The van der Waals surface area contributed by atoms with Gasteiger partial charge in [0.05, 0.1) is 10.6 Å². The van der Waals surface area contributed by atoms with Crippen LogP contribution in [0, 0.1) is 0 Å². The molecule has 0 fully saturated rings. The van der Waals surface area contributed by atoms with Crippen LogP contribution in [-0.2, 0) is 32.6 Å². The SMILES string of the molecule is CCc1ccccc1N(CC(=O)N(Cc1ccc(Cl)cc1)C(C)C(=O)NC(C)C)S(=O)(=O)c1ccccc1. The first kappa shape index (κ1) is 29.2. The number of amides is 2. The molecule has 9 heteroatoms. The molecule has 38 heavy (non-hydrogen) atoms. The van der Waals surface area contributed by atoms with Crippen LogP contribution in [0.2, 0.25) is 5.02 Å². The fourth-order valence-electron chi connectivity index (χ4n) is 4.06. The lowest BCUT2D eigenvalue weighted by atomic mass is 10.1. The average molecular weight is 556 g/mol. The van der Waals surface area contributed by atoms with Gasteiger partial charge in [0.25, 0.3) is 10.0 Å². The summed E-state index contributed by atoms with van der Waals surface area (Å²) in [7, 11) is -4.09. The minimum atomic E-state index is -4.09. The highest BCUT2D eigenvalue weighted by atomic mass is 35.5. The lowest BCUT2D eigenvalue weighted by molar-refractivity contribution is -0.139. The van der Waals surface area contributed by atoms with E-state index in [1.807, 2.05) is 32.9 Å². The molecular weight excluding hydrogens is 522 g/mol. The monoisotopic (exact) mass is 555 g/mol. The third-order valence-electron chi connectivity index (χ3n) is 6.12. The fraction of sp³-hybridized carbons (Fsp3) is 0.310. The quantitative estimate of drug-likeness (QED) is 0.359. The molecule has 1 unspecified atom stereocenters. The van der Waals surface area contributed by atoms with Gasteiger partial charge in [-0.25, -0.2) is 8.42 Å². The van der Waals surface area contributed by atoms with Crippen molar-refractivity contribution in [2.45, 2.75) is 57.6 Å². The van der Waals surface area contributed by atoms with Gasteiger partial charge in [0.1, 0.15) is 12.6 Å². The first-order chi connectivity index (χ1) is 18.0. The number of hydrogen-bond donors (Lipinski definition) is 1. The first-order valence-electron chi connectivity index (χ1n) is 12.5. The summed E-state index contributed by atoms with van der Waals surface area (Å²) >= 11 is 6.04. The summed E-state index contributed by atoms with van der Waals surface area (Å²) < 4.78 is 28.9. The number of nitrogens with zero attached hydrogens (tertiary/aromatic N) is 2. The van der Waals surface area contributed by atoms with E-state index >= 15 is 0 Å². The van der Waals surface area contributed by atoms with E-state index in [0.29, 0.717) is 17.1 Å². The number of carbonyl (C=O) groups excluding carboxylic acids is 2. The van der Waals surface area contributed by atoms with Crippen LogP contribution in [0.4, 0.5) is 5.69 Å². The van der Waals surface area contributed by atoms with Crippen molar-refractivity contribution < 1.29 is 18.0 Å². The summed E-state index contributed by atoms with van der Waals surface area (Å²) in [4.78, 5) is 28.4. The molecule has 1 atom stereocenters. The Morgan fingerprint density at radius 2 is 1.50 bits per heavy atom. The molecule has 3 aromatic carbocycles. The normalized spacial score (nSPS) is 12.2. The topological polar surface area (TPSA) is 86.8 Å². The zero-order valence-electron chi connectivity index (χ0n) is 22.1. The molecule has 1 N–H and O–H groups in total. The Bertz CT molecular complexity index is 1350. The van der Waals surface area contributed by atoms with Crippen molar-refractivity contribution in [3.05, 3.63) is 95.0 Å². The van der Waals surface area contributed by atoms with Crippen LogP contribution < -0.4 is 9.62 Å². The van der Waals surface area contributed by atoms with Crippen molar-refractivity contribution in [1.29, 1.82) is 0 Å². The van der Waals surface area contributed by atoms with Crippen LogP contribution in [0.25, 0.3) is 0 Å². The number of benzene rings is 3. The summed E-state index contributed by atoms with van der Waals surface area (Å²) in [5, 5.41) is 3.40. The molecule has 0 radical (unpaired) electrons. The van der Waals surface area contributed by atoms with Crippen molar-refractivity contribution in [1.82, 2.24) is 10.2 Å². The number of hydrogen-bond acceptors (Lipinski definition) is 4. The minimum Gasteiger partial charge on any atom is -0.352 e. The molecule has 0 spiro atoms. The molecular formula is C29H34ClN3O4S. The van der Waals surface area contributed by atoms with E-state index in [1.165, 1.54) is 17.0 Å². The number of rotatable bonds is 11. The maximum Gasteiger partial charge on any atom is 0.264 e. The number of anilines is 1. The van der Waals surface area contributed by atoms with Crippen LogP contribution in [-0.4, -0.2) is 43.8 Å². The Labute approximate surface area is 230 Å². The van der Waals surface area contributed by atoms with E-state index in [1.54, 1.807) is 61.5 Å². The second kappa shape index (κ2) is 12.9. The highest BCUT2D eigenvalue weighted by molar-refractivity contribution is 7.92. The number of nitrogens with one attached hydrogen (secondary N) is 1. The van der Waals surface area contributed by atoms with Crippen LogP contribution in [0.3, 0.4) is 0 Å². The molecule has 0 aliphatic rings. The van der Waals surface area contributed by atoms with Gasteiger partial charge in [0.15, 0.2) is 0 Å². The molecule has 0 heterocycles. The van der Waals surface area contributed by atoms with Crippen LogP contribution in [0.15, 0.2) is 83.8 Å². The van der Waals surface area contributed by atoms with E-state index in [0.717, 1.165) is 15.4 Å². The predicted molar refractivity (Wildman–Crippen MR) is 152 cm³/mol. The molecule has 0 saturated heterocycles. The maximum atomic E-state index is 13.9. The molecule has 0 bridgehead atoms. The highest BCUT2D eigenvalue weighted by Gasteiger charge is 2.33. The van der Waals surface area contributed by atoms with Crippen molar-refractivity contribution in [2.75, 3.05) is 10.8 Å². The van der Waals surface area contributed by atoms with Gasteiger partial charge in [-0.3, -0.25) is 13.9 Å². The average Bonchev–Trinajstić information content (AvgIpc) is 2.90. The van der Waals surface area contributed by atoms with Gasteiger partial charge in [-0.05, 0) is 68.7 Å². The number of halogens is 1. The largest absolute Gasteiger partial charge is 0.352 e. The van der Waals surface area contributed by atoms with Gasteiger partial charge in [0, 0.05) is 17.6 Å². The van der Waals surface area contributed by atoms with Gasteiger partial charge in [-0.1, -0.05) is 67.1 Å². The smallest absolute Gasteiger partial charge is 0.264 e. The van der Waals surface area contributed by atoms with E-state index in [9.17, 15) is 18.0 Å².